The third-order valence-electron chi connectivity index (χ3n) is 4.87. The second-order valence-corrected chi connectivity index (χ2v) is 8.09. The molecule has 0 radical (unpaired) electrons. The third-order valence-corrected chi connectivity index (χ3v) is 4.87. The number of hydrogen-bond donors (Lipinski definition) is 0. The van der Waals surface area contributed by atoms with Crippen LogP contribution in [0.2, 0.25) is 0 Å². The van der Waals surface area contributed by atoms with E-state index < -0.39 is 23.7 Å². The fraction of sp³-hybridized carbons (Fsp3) is 0.0968. The van der Waals surface area contributed by atoms with E-state index in [4.69, 9.17) is 9.47 Å². The first-order valence-electron chi connectivity index (χ1n) is 11.1. The zero-order valence-corrected chi connectivity index (χ0v) is 20.5. The summed E-state index contributed by atoms with van der Waals surface area (Å²) >= 11 is 0. The molecule has 3 rings (SSSR count). The van der Waals surface area contributed by atoms with Crippen LogP contribution in [0.3, 0.4) is 0 Å². The van der Waals surface area contributed by atoms with Gasteiger partial charge in [0.2, 0.25) is 0 Å². The van der Waals surface area contributed by atoms with Crippen LogP contribution in [0.4, 0.5) is 13.2 Å². The summed E-state index contributed by atoms with van der Waals surface area (Å²) in [5, 5.41) is 0. The Hall–Kier alpha value is -5.01. The van der Waals surface area contributed by atoms with Crippen molar-refractivity contribution in [2.45, 2.75) is 20.0 Å². The minimum Gasteiger partial charge on any atom is -0.422 e. The minimum absolute atomic E-state index is 0.0831. The quantitative estimate of drug-likeness (QED) is 0.173. The Morgan fingerprint density at radius 3 is 1.61 bits per heavy atom. The van der Waals surface area contributed by atoms with Crippen LogP contribution in [0.1, 0.15) is 41.7 Å². The second kappa shape index (κ2) is 11.8. The maximum Gasteiger partial charge on any atom is 0.417 e. The van der Waals surface area contributed by atoms with E-state index in [-0.39, 0.29) is 39.3 Å². The van der Waals surface area contributed by atoms with E-state index >= 15 is 0 Å². The predicted molar refractivity (Wildman–Crippen MR) is 137 cm³/mol. The van der Waals surface area contributed by atoms with E-state index in [1.54, 1.807) is 30.3 Å². The Bertz CT molecular complexity index is 1560. The molecule has 0 aliphatic rings. The summed E-state index contributed by atoms with van der Waals surface area (Å²) in [6, 6.07) is 16.2. The number of ether oxygens (including phenoxy) is 2. The summed E-state index contributed by atoms with van der Waals surface area (Å²) in [7, 11) is 0. The smallest absolute Gasteiger partial charge is 0.417 e. The van der Waals surface area contributed by atoms with Crippen LogP contribution in [-0.4, -0.2) is 11.9 Å². The van der Waals surface area contributed by atoms with Crippen molar-refractivity contribution < 1.29 is 32.2 Å². The van der Waals surface area contributed by atoms with Crippen molar-refractivity contribution in [2.75, 3.05) is 0 Å². The van der Waals surface area contributed by atoms with E-state index in [1.807, 2.05) is 0 Å². The molecular weight excluding hydrogens is 493 g/mol. The number of hydrogen-bond acceptors (Lipinski definition) is 4. The van der Waals surface area contributed by atoms with E-state index in [0.717, 1.165) is 6.07 Å². The van der Waals surface area contributed by atoms with Gasteiger partial charge in [-0.15, -0.1) is 0 Å². The van der Waals surface area contributed by atoms with Gasteiger partial charge in [-0.1, -0.05) is 61.1 Å². The van der Waals surface area contributed by atoms with Crippen LogP contribution >= 0.6 is 0 Å². The molecule has 0 unspecified atom stereocenters. The normalized spacial score (nSPS) is 10.2. The molecule has 190 valence electrons. The molecule has 3 aromatic rings. The summed E-state index contributed by atoms with van der Waals surface area (Å²) < 4.78 is 52.1. The zero-order valence-electron chi connectivity index (χ0n) is 20.5. The molecule has 0 saturated carbocycles. The van der Waals surface area contributed by atoms with Crippen molar-refractivity contribution in [2.24, 2.45) is 0 Å². The zero-order chi connectivity index (χ0) is 27.9. The third kappa shape index (κ3) is 7.25. The average Bonchev–Trinajstić information content (AvgIpc) is 2.87. The van der Waals surface area contributed by atoms with Crippen LogP contribution in [0, 0.1) is 23.7 Å². The van der Waals surface area contributed by atoms with E-state index in [1.165, 1.54) is 44.2 Å². The summed E-state index contributed by atoms with van der Waals surface area (Å²) in [5.41, 5.74) is -0.258. The van der Waals surface area contributed by atoms with Gasteiger partial charge >= 0.3 is 18.1 Å². The summed E-state index contributed by atoms with van der Waals surface area (Å²) in [6.07, 6.45) is -4.71. The molecule has 0 spiro atoms. The lowest BCUT2D eigenvalue weighted by Gasteiger charge is -2.10. The van der Waals surface area contributed by atoms with Gasteiger partial charge in [0.25, 0.3) is 0 Å². The highest BCUT2D eigenvalue weighted by Crippen LogP contribution is 2.32. The lowest BCUT2D eigenvalue weighted by atomic mass is 10.0. The first kappa shape index (κ1) is 27.6. The molecule has 0 heterocycles. The minimum atomic E-state index is -4.71. The topological polar surface area (TPSA) is 52.6 Å². The number of carbonyl (C=O) groups excluding carboxylic acids is 2. The van der Waals surface area contributed by atoms with Crippen LogP contribution in [0.25, 0.3) is 0 Å². The van der Waals surface area contributed by atoms with Crippen molar-refractivity contribution in [3.8, 4) is 35.2 Å². The fourth-order valence-corrected chi connectivity index (χ4v) is 2.93. The number of carbonyl (C=O) groups is 2. The molecule has 38 heavy (non-hydrogen) atoms. The molecule has 3 aromatic carbocycles. The first-order chi connectivity index (χ1) is 18.0. The number of halogens is 3. The number of esters is 2. The number of alkyl halides is 3. The van der Waals surface area contributed by atoms with Crippen LogP contribution in [0.5, 0.6) is 11.5 Å². The molecule has 0 aliphatic carbocycles. The van der Waals surface area contributed by atoms with Gasteiger partial charge in [-0.25, -0.2) is 9.59 Å². The first-order valence-corrected chi connectivity index (χ1v) is 11.1. The molecule has 0 atom stereocenters. The van der Waals surface area contributed by atoms with E-state index in [2.05, 4.69) is 36.8 Å². The Morgan fingerprint density at radius 1 is 0.684 bits per heavy atom. The molecule has 0 N–H and O–H groups in total. The Kier molecular flexibility index (Phi) is 8.57. The Labute approximate surface area is 218 Å². The van der Waals surface area contributed by atoms with Crippen molar-refractivity contribution in [1.29, 1.82) is 0 Å². The maximum atomic E-state index is 13.9. The molecule has 0 saturated heterocycles. The molecule has 0 bridgehead atoms. The highest BCUT2D eigenvalue weighted by atomic mass is 19.4. The van der Waals surface area contributed by atoms with Gasteiger partial charge in [0.15, 0.2) is 0 Å². The van der Waals surface area contributed by atoms with E-state index in [0.29, 0.717) is 5.56 Å². The monoisotopic (exact) mass is 514 g/mol. The Morgan fingerprint density at radius 2 is 1.13 bits per heavy atom. The second-order valence-electron chi connectivity index (χ2n) is 8.09. The SMILES string of the molecule is C=C(C)C(=O)Oc1ccccc1C#Cc1ccc(C#Cc2ccccc2OC(=O)C(=C)C)c(C(F)(F)F)c1. The highest BCUT2D eigenvalue weighted by Gasteiger charge is 2.33. The van der Waals surface area contributed by atoms with E-state index in [9.17, 15) is 22.8 Å². The highest BCUT2D eigenvalue weighted by molar-refractivity contribution is 5.89. The van der Waals surface area contributed by atoms with Crippen molar-refractivity contribution in [3.05, 3.63) is 119 Å². The lowest BCUT2D eigenvalue weighted by molar-refractivity contribution is -0.137. The van der Waals surface area contributed by atoms with Gasteiger partial charge in [-0.05, 0) is 56.3 Å². The standard InChI is InChI=1S/C31H21F3O4/c1-20(2)29(35)37-27-11-7-5-9-24(27)16-14-22-13-15-23(26(19-22)31(32,33)34)17-18-25-10-6-8-12-28(25)38-30(36)21(3)4/h5-13,15,19H,1,3H2,2,4H3. The molecular formula is C31H21F3O4. The van der Waals surface area contributed by atoms with Gasteiger partial charge in [-0.2, -0.15) is 13.2 Å². The average molecular weight is 514 g/mol. The van der Waals surface area contributed by atoms with Gasteiger partial charge in [0, 0.05) is 22.3 Å². The Balaban J connectivity index is 1.97. The summed E-state index contributed by atoms with van der Waals surface area (Å²) in [4.78, 5) is 23.7. The lowest BCUT2D eigenvalue weighted by Crippen LogP contribution is -2.09. The summed E-state index contributed by atoms with van der Waals surface area (Å²) in [5.74, 6) is 9.56. The van der Waals surface area contributed by atoms with Gasteiger partial charge in [0.1, 0.15) is 11.5 Å². The number of para-hydroxylation sites is 2. The molecule has 0 amide bonds. The van der Waals surface area contributed by atoms with Crippen molar-refractivity contribution >= 4 is 11.9 Å². The molecule has 0 aliphatic heterocycles. The van der Waals surface area contributed by atoms with Crippen molar-refractivity contribution in [1.82, 2.24) is 0 Å². The number of rotatable bonds is 4. The largest absolute Gasteiger partial charge is 0.422 e. The fourth-order valence-electron chi connectivity index (χ4n) is 2.93. The molecule has 7 heteroatoms. The molecule has 0 fully saturated rings. The van der Waals surface area contributed by atoms with Crippen LogP contribution in [-0.2, 0) is 15.8 Å². The summed E-state index contributed by atoms with van der Waals surface area (Å²) in [6.45, 7) is 10.00. The molecule has 4 nitrogen and oxygen atoms in total. The van der Waals surface area contributed by atoms with Gasteiger partial charge in [-0.3, -0.25) is 0 Å². The van der Waals surface area contributed by atoms with Gasteiger partial charge < -0.3 is 9.47 Å². The van der Waals surface area contributed by atoms with Crippen molar-refractivity contribution in [3.63, 3.8) is 0 Å². The molecule has 0 aromatic heterocycles. The van der Waals surface area contributed by atoms with Gasteiger partial charge in [0.05, 0.1) is 16.7 Å². The van der Waals surface area contributed by atoms with Crippen LogP contribution < -0.4 is 9.47 Å². The predicted octanol–water partition coefficient (Wildman–Crippen LogP) is 6.47. The number of benzene rings is 3. The maximum absolute atomic E-state index is 13.9. The van der Waals surface area contributed by atoms with Crippen LogP contribution in [0.15, 0.2) is 91.0 Å².